The molecule has 1 aliphatic heterocycles. The third-order valence-corrected chi connectivity index (χ3v) is 4.54. The van der Waals surface area contributed by atoms with Crippen LogP contribution in [0.2, 0.25) is 5.02 Å². The van der Waals surface area contributed by atoms with Crippen LogP contribution >= 0.6 is 23.4 Å². The zero-order valence-electron chi connectivity index (χ0n) is 10.1. The third-order valence-electron chi connectivity index (χ3n) is 3.03. The van der Waals surface area contributed by atoms with Gasteiger partial charge in [-0.1, -0.05) is 23.7 Å². The number of amides is 1. The first kappa shape index (κ1) is 12.6. The zero-order valence-corrected chi connectivity index (χ0v) is 11.7. The van der Waals surface area contributed by atoms with Crippen molar-refractivity contribution in [3.05, 3.63) is 59.0 Å². The average Bonchev–Trinajstić information content (AvgIpc) is 3.03. The molecule has 5 heteroatoms. The maximum atomic E-state index is 12.0. The largest absolute Gasteiger partial charge is 0.467 e. The molecule has 19 heavy (non-hydrogen) atoms. The van der Waals surface area contributed by atoms with E-state index in [0.29, 0.717) is 17.3 Å². The van der Waals surface area contributed by atoms with E-state index < -0.39 is 0 Å². The molecule has 1 saturated heterocycles. The minimum absolute atomic E-state index is 0.0369. The van der Waals surface area contributed by atoms with Crippen LogP contribution in [0.1, 0.15) is 16.7 Å². The van der Waals surface area contributed by atoms with Gasteiger partial charge >= 0.3 is 0 Å². The van der Waals surface area contributed by atoms with Crippen molar-refractivity contribution < 1.29 is 9.21 Å². The van der Waals surface area contributed by atoms with E-state index in [1.54, 1.807) is 18.0 Å². The maximum Gasteiger partial charge on any atom is 0.234 e. The molecular formula is C14H12ClNO2S. The molecule has 1 fully saturated rings. The van der Waals surface area contributed by atoms with Gasteiger partial charge in [0, 0.05) is 5.02 Å². The van der Waals surface area contributed by atoms with Gasteiger partial charge in [-0.3, -0.25) is 4.79 Å². The standard InChI is InChI=1S/C14H12ClNO2S/c15-11-5-3-10(4-6-11)14-16(13(17)9-19-14)8-12-2-1-7-18-12/h1-7,14H,8-9H2/t14-/m0/s1. The number of thioether (sulfide) groups is 1. The van der Waals surface area contributed by atoms with Gasteiger partial charge in [-0.15, -0.1) is 11.8 Å². The van der Waals surface area contributed by atoms with Crippen LogP contribution in [-0.4, -0.2) is 16.6 Å². The van der Waals surface area contributed by atoms with Crippen LogP contribution in [0.5, 0.6) is 0 Å². The molecule has 0 saturated carbocycles. The molecule has 0 unspecified atom stereocenters. The molecule has 1 aromatic heterocycles. The van der Waals surface area contributed by atoms with Crippen LogP contribution in [0.3, 0.4) is 0 Å². The maximum absolute atomic E-state index is 12.0. The summed E-state index contributed by atoms with van der Waals surface area (Å²) < 4.78 is 5.32. The number of nitrogens with zero attached hydrogens (tertiary/aromatic N) is 1. The van der Waals surface area contributed by atoms with Crippen molar-refractivity contribution in [3.8, 4) is 0 Å². The summed E-state index contributed by atoms with van der Waals surface area (Å²) in [6, 6.07) is 11.4. The Balaban J connectivity index is 1.83. The number of hydrogen-bond donors (Lipinski definition) is 0. The van der Waals surface area contributed by atoms with Crippen molar-refractivity contribution in [1.82, 2.24) is 4.90 Å². The van der Waals surface area contributed by atoms with E-state index >= 15 is 0 Å². The van der Waals surface area contributed by atoms with Crippen molar-refractivity contribution in [2.45, 2.75) is 11.9 Å². The Morgan fingerprint density at radius 2 is 2.11 bits per heavy atom. The normalized spacial score (nSPS) is 19.1. The highest BCUT2D eigenvalue weighted by Gasteiger charge is 2.33. The van der Waals surface area contributed by atoms with Crippen LogP contribution in [0.4, 0.5) is 0 Å². The molecule has 0 N–H and O–H groups in total. The molecule has 0 radical (unpaired) electrons. The molecule has 1 aromatic carbocycles. The van der Waals surface area contributed by atoms with Crippen LogP contribution in [0.25, 0.3) is 0 Å². The lowest BCUT2D eigenvalue weighted by molar-refractivity contribution is -0.128. The van der Waals surface area contributed by atoms with Crippen molar-refractivity contribution >= 4 is 29.3 Å². The molecule has 0 spiro atoms. The molecule has 3 nitrogen and oxygen atoms in total. The highest BCUT2D eigenvalue weighted by molar-refractivity contribution is 8.00. The number of halogens is 1. The predicted molar refractivity (Wildman–Crippen MR) is 75.9 cm³/mol. The van der Waals surface area contributed by atoms with Crippen molar-refractivity contribution in [3.63, 3.8) is 0 Å². The SMILES string of the molecule is O=C1CS[C@@H](c2ccc(Cl)cc2)N1Cc1ccco1. The Hall–Kier alpha value is -1.39. The van der Waals surface area contributed by atoms with Gasteiger partial charge in [-0.2, -0.15) is 0 Å². The Bertz CT molecular complexity index is 568. The van der Waals surface area contributed by atoms with Crippen molar-refractivity contribution in [2.24, 2.45) is 0 Å². The number of benzene rings is 1. The van der Waals surface area contributed by atoms with Crippen molar-refractivity contribution in [2.75, 3.05) is 5.75 Å². The van der Waals surface area contributed by atoms with Crippen LogP contribution in [0, 0.1) is 0 Å². The van der Waals surface area contributed by atoms with Gasteiger partial charge in [0.15, 0.2) is 0 Å². The van der Waals surface area contributed by atoms with Gasteiger partial charge in [-0.25, -0.2) is 0 Å². The molecule has 2 aromatic rings. The van der Waals surface area contributed by atoms with E-state index in [4.69, 9.17) is 16.0 Å². The summed E-state index contributed by atoms with van der Waals surface area (Å²) in [6.07, 6.45) is 1.63. The first-order chi connectivity index (χ1) is 9.24. The molecule has 1 atom stereocenters. The average molecular weight is 294 g/mol. The lowest BCUT2D eigenvalue weighted by Gasteiger charge is -2.23. The summed E-state index contributed by atoms with van der Waals surface area (Å²) in [7, 11) is 0. The second kappa shape index (κ2) is 5.31. The lowest BCUT2D eigenvalue weighted by atomic mass is 10.2. The number of furan rings is 1. The number of carbonyl (C=O) groups is 1. The van der Waals surface area contributed by atoms with Gasteiger partial charge < -0.3 is 9.32 Å². The monoisotopic (exact) mass is 293 g/mol. The second-order valence-electron chi connectivity index (χ2n) is 4.32. The topological polar surface area (TPSA) is 33.5 Å². The second-order valence-corrected chi connectivity index (χ2v) is 5.82. The van der Waals surface area contributed by atoms with E-state index in [1.807, 2.05) is 41.3 Å². The molecule has 1 amide bonds. The first-order valence-electron chi connectivity index (χ1n) is 5.93. The number of rotatable bonds is 3. The fourth-order valence-corrected chi connectivity index (χ4v) is 3.41. The summed E-state index contributed by atoms with van der Waals surface area (Å²) >= 11 is 7.53. The fraction of sp³-hybridized carbons (Fsp3) is 0.214. The van der Waals surface area contributed by atoms with E-state index in [1.165, 1.54) is 0 Å². The molecule has 0 aliphatic carbocycles. The highest BCUT2D eigenvalue weighted by Crippen LogP contribution is 2.39. The molecular weight excluding hydrogens is 282 g/mol. The smallest absolute Gasteiger partial charge is 0.234 e. The van der Waals surface area contributed by atoms with E-state index in [9.17, 15) is 4.79 Å². The third kappa shape index (κ3) is 2.65. The summed E-state index contributed by atoms with van der Waals surface area (Å²) in [5, 5.41) is 0.741. The molecule has 2 heterocycles. The molecule has 1 aliphatic rings. The number of carbonyl (C=O) groups excluding carboxylic acids is 1. The van der Waals surface area contributed by atoms with Gasteiger partial charge in [0.25, 0.3) is 0 Å². The summed E-state index contributed by atoms with van der Waals surface area (Å²) in [5.74, 6) is 1.45. The van der Waals surface area contributed by atoms with Crippen LogP contribution < -0.4 is 0 Å². The van der Waals surface area contributed by atoms with Gasteiger partial charge in [0.2, 0.25) is 5.91 Å². The Kier molecular flexibility index (Phi) is 3.53. The first-order valence-corrected chi connectivity index (χ1v) is 7.35. The summed E-state index contributed by atoms with van der Waals surface area (Å²) in [6.45, 7) is 0.506. The highest BCUT2D eigenvalue weighted by atomic mass is 35.5. The number of hydrogen-bond acceptors (Lipinski definition) is 3. The minimum atomic E-state index is 0.0369. The lowest BCUT2D eigenvalue weighted by Crippen LogP contribution is -2.27. The minimum Gasteiger partial charge on any atom is -0.467 e. The summed E-state index contributed by atoms with van der Waals surface area (Å²) in [4.78, 5) is 13.8. The van der Waals surface area contributed by atoms with Crippen LogP contribution in [-0.2, 0) is 11.3 Å². The molecule has 3 rings (SSSR count). The molecule has 0 bridgehead atoms. The van der Waals surface area contributed by atoms with Gasteiger partial charge in [0.05, 0.1) is 18.6 Å². The van der Waals surface area contributed by atoms with Crippen LogP contribution in [0.15, 0.2) is 47.1 Å². The summed E-state index contributed by atoms with van der Waals surface area (Å²) in [5.41, 5.74) is 1.09. The Labute approximate surface area is 120 Å². The Morgan fingerprint density at radius 1 is 1.32 bits per heavy atom. The molecule has 98 valence electrons. The van der Waals surface area contributed by atoms with Crippen molar-refractivity contribution in [1.29, 1.82) is 0 Å². The van der Waals surface area contributed by atoms with Gasteiger partial charge in [-0.05, 0) is 29.8 Å². The van der Waals surface area contributed by atoms with E-state index in [0.717, 1.165) is 11.3 Å². The predicted octanol–water partition coefficient (Wildman–Crippen LogP) is 3.71. The van der Waals surface area contributed by atoms with E-state index in [-0.39, 0.29) is 11.3 Å². The quantitative estimate of drug-likeness (QED) is 0.865. The fourth-order valence-electron chi connectivity index (χ4n) is 2.10. The van der Waals surface area contributed by atoms with Gasteiger partial charge in [0.1, 0.15) is 11.1 Å². The Morgan fingerprint density at radius 3 is 2.79 bits per heavy atom. The van der Waals surface area contributed by atoms with E-state index in [2.05, 4.69) is 0 Å². The zero-order chi connectivity index (χ0) is 13.2.